The average molecular weight is 343 g/mol. The smallest absolute Gasteiger partial charge is 0.184 e. The first kappa shape index (κ1) is 11.6. The Morgan fingerprint density at radius 3 is 2.56 bits per heavy atom. The summed E-state index contributed by atoms with van der Waals surface area (Å²) in [5, 5.41) is 0. The van der Waals surface area contributed by atoms with Crippen LogP contribution in [-0.2, 0) is 6.54 Å². The summed E-state index contributed by atoms with van der Waals surface area (Å²) >= 11 is 6.63. The second-order valence-electron chi connectivity index (χ2n) is 3.23. The van der Waals surface area contributed by atoms with E-state index in [1.807, 2.05) is 36.4 Å². The highest BCUT2D eigenvalue weighted by Crippen LogP contribution is 2.25. The first-order valence-corrected chi connectivity index (χ1v) is 6.33. The summed E-state index contributed by atoms with van der Waals surface area (Å²) in [5.41, 5.74) is 1.18. The van der Waals surface area contributed by atoms with Gasteiger partial charge < -0.3 is 4.42 Å². The van der Waals surface area contributed by atoms with Crippen LogP contribution in [0.25, 0.3) is 0 Å². The van der Waals surface area contributed by atoms with Crippen molar-refractivity contribution in [2.24, 2.45) is 4.99 Å². The average Bonchev–Trinajstić information content (AvgIpc) is 2.60. The Morgan fingerprint density at radius 1 is 1.19 bits per heavy atom. The van der Waals surface area contributed by atoms with Gasteiger partial charge in [0.05, 0.1) is 17.2 Å². The van der Waals surface area contributed by atoms with Crippen molar-refractivity contribution in [3.63, 3.8) is 0 Å². The summed E-state index contributed by atoms with van der Waals surface area (Å²) in [4.78, 5) is 4.31. The van der Waals surface area contributed by atoms with Gasteiger partial charge in [0.1, 0.15) is 5.76 Å². The first-order chi connectivity index (χ1) is 7.75. The standard InChI is InChI=1S/C12H9Br2NO/c13-11-6-10(16-12(11)14)8-15-7-9-4-2-1-3-5-9/h1-6,8H,7H2. The quantitative estimate of drug-likeness (QED) is 0.758. The van der Waals surface area contributed by atoms with Crippen LogP contribution in [0.1, 0.15) is 11.3 Å². The SMILES string of the molecule is Brc1cc(C=NCc2ccccc2)oc1Br. The Balaban J connectivity index is 2.00. The van der Waals surface area contributed by atoms with Gasteiger partial charge in [0.15, 0.2) is 4.67 Å². The van der Waals surface area contributed by atoms with Crippen molar-refractivity contribution in [3.05, 3.63) is 56.9 Å². The minimum absolute atomic E-state index is 0.663. The third-order valence-electron chi connectivity index (χ3n) is 2.00. The summed E-state index contributed by atoms with van der Waals surface area (Å²) in [6.07, 6.45) is 1.72. The van der Waals surface area contributed by atoms with E-state index in [9.17, 15) is 0 Å². The van der Waals surface area contributed by atoms with Gasteiger partial charge in [0.25, 0.3) is 0 Å². The van der Waals surface area contributed by atoms with Gasteiger partial charge >= 0.3 is 0 Å². The number of nitrogens with zero attached hydrogens (tertiary/aromatic N) is 1. The molecule has 4 heteroatoms. The number of hydrogen-bond acceptors (Lipinski definition) is 2. The summed E-state index contributed by atoms with van der Waals surface area (Å²) in [7, 11) is 0. The molecule has 0 unspecified atom stereocenters. The predicted molar refractivity (Wildman–Crippen MR) is 71.8 cm³/mol. The molecule has 2 rings (SSSR count). The van der Waals surface area contributed by atoms with Gasteiger partial charge in [-0.25, -0.2) is 0 Å². The molecule has 0 saturated carbocycles. The van der Waals surface area contributed by atoms with Crippen LogP contribution in [0.15, 0.2) is 54.9 Å². The molecule has 1 aromatic carbocycles. The number of halogens is 2. The molecule has 0 fully saturated rings. The van der Waals surface area contributed by atoms with E-state index in [4.69, 9.17) is 4.42 Å². The van der Waals surface area contributed by atoms with Gasteiger partial charge in [-0.05, 0) is 37.4 Å². The zero-order chi connectivity index (χ0) is 11.4. The zero-order valence-electron chi connectivity index (χ0n) is 8.36. The van der Waals surface area contributed by atoms with Gasteiger partial charge in [-0.2, -0.15) is 0 Å². The van der Waals surface area contributed by atoms with Crippen molar-refractivity contribution in [2.45, 2.75) is 6.54 Å². The highest BCUT2D eigenvalue weighted by Gasteiger charge is 2.02. The van der Waals surface area contributed by atoms with Crippen LogP contribution >= 0.6 is 31.9 Å². The molecule has 0 amide bonds. The lowest BCUT2D eigenvalue weighted by Gasteiger charge is -1.93. The van der Waals surface area contributed by atoms with E-state index in [1.54, 1.807) is 6.21 Å². The van der Waals surface area contributed by atoms with Crippen LogP contribution in [-0.4, -0.2) is 6.21 Å². The highest BCUT2D eigenvalue weighted by atomic mass is 79.9. The van der Waals surface area contributed by atoms with Crippen molar-refractivity contribution < 1.29 is 4.42 Å². The fourth-order valence-corrected chi connectivity index (χ4v) is 1.86. The molecule has 0 saturated heterocycles. The van der Waals surface area contributed by atoms with Crippen LogP contribution in [0.3, 0.4) is 0 Å². The maximum Gasteiger partial charge on any atom is 0.184 e. The molecule has 82 valence electrons. The molecule has 2 aromatic rings. The second kappa shape index (κ2) is 5.46. The Labute approximate surface area is 111 Å². The lowest BCUT2D eigenvalue weighted by Crippen LogP contribution is -1.81. The van der Waals surface area contributed by atoms with Crippen LogP contribution in [0, 0.1) is 0 Å². The second-order valence-corrected chi connectivity index (χ2v) is 4.80. The Morgan fingerprint density at radius 2 is 1.94 bits per heavy atom. The molecule has 0 aliphatic rings. The van der Waals surface area contributed by atoms with E-state index in [2.05, 4.69) is 36.9 Å². The Bertz CT molecular complexity index is 471. The molecule has 0 N–H and O–H groups in total. The van der Waals surface area contributed by atoms with Crippen LogP contribution in [0.2, 0.25) is 0 Å². The molecule has 0 radical (unpaired) electrons. The van der Waals surface area contributed by atoms with Gasteiger partial charge in [-0.1, -0.05) is 30.3 Å². The molecule has 0 aliphatic heterocycles. The molecular weight excluding hydrogens is 334 g/mol. The normalized spacial score (nSPS) is 11.1. The first-order valence-electron chi connectivity index (χ1n) is 4.74. The Hall–Kier alpha value is -0.870. The van der Waals surface area contributed by atoms with Gasteiger partial charge in [0.2, 0.25) is 0 Å². The summed E-state index contributed by atoms with van der Waals surface area (Å²) in [6, 6.07) is 12.0. The van der Waals surface area contributed by atoms with Crippen LogP contribution < -0.4 is 0 Å². The Kier molecular flexibility index (Phi) is 3.96. The van der Waals surface area contributed by atoms with Gasteiger partial charge in [0, 0.05) is 6.07 Å². The van der Waals surface area contributed by atoms with E-state index in [0.29, 0.717) is 11.2 Å². The number of furan rings is 1. The van der Waals surface area contributed by atoms with Crippen molar-refractivity contribution in [3.8, 4) is 0 Å². The molecule has 1 aromatic heterocycles. The zero-order valence-corrected chi connectivity index (χ0v) is 11.5. The van der Waals surface area contributed by atoms with Crippen LogP contribution in [0.5, 0.6) is 0 Å². The number of rotatable bonds is 3. The van der Waals surface area contributed by atoms with E-state index < -0.39 is 0 Å². The third kappa shape index (κ3) is 3.06. The van der Waals surface area contributed by atoms with Crippen molar-refractivity contribution in [1.82, 2.24) is 0 Å². The minimum Gasteiger partial charge on any atom is -0.447 e. The van der Waals surface area contributed by atoms with Crippen molar-refractivity contribution in [1.29, 1.82) is 0 Å². The maximum absolute atomic E-state index is 5.37. The third-order valence-corrected chi connectivity index (χ3v) is 3.71. The molecule has 1 heterocycles. The van der Waals surface area contributed by atoms with E-state index in [0.717, 1.165) is 10.2 Å². The molecule has 0 aliphatic carbocycles. The molecule has 16 heavy (non-hydrogen) atoms. The number of aliphatic imine (C=N–C) groups is 1. The highest BCUT2D eigenvalue weighted by molar-refractivity contribution is 9.13. The number of benzene rings is 1. The summed E-state index contributed by atoms with van der Waals surface area (Å²) in [6.45, 7) is 0.663. The molecular formula is C12H9Br2NO. The fraction of sp³-hybridized carbons (Fsp3) is 0.0833. The summed E-state index contributed by atoms with van der Waals surface area (Å²) < 4.78 is 6.96. The fourth-order valence-electron chi connectivity index (χ4n) is 1.25. The van der Waals surface area contributed by atoms with E-state index >= 15 is 0 Å². The van der Waals surface area contributed by atoms with Crippen molar-refractivity contribution in [2.75, 3.05) is 0 Å². The lowest BCUT2D eigenvalue weighted by molar-refractivity contribution is 0.532. The van der Waals surface area contributed by atoms with Gasteiger partial charge in [-0.3, -0.25) is 4.99 Å². The molecule has 0 bridgehead atoms. The summed E-state index contributed by atoms with van der Waals surface area (Å²) in [5.74, 6) is 0.731. The van der Waals surface area contributed by atoms with Gasteiger partial charge in [-0.15, -0.1) is 0 Å². The van der Waals surface area contributed by atoms with E-state index in [1.165, 1.54) is 5.56 Å². The molecule has 0 spiro atoms. The predicted octanol–water partition coefficient (Wildman–Crippen LogP) is 4.42. The minimum atomic E-state index is 0.663. The monoisotopic (exact) mass is 341 g/mol. The largest absolute Gasteiger partial charge is 0.447 e. The molecule has 0 atom stereocenters. The van der Waals surface area contributed by atoms with E-state index in [-0.39, 0.29) is 0 Å². The topological polar surface area (TPSA) is 25.5 Å². The molecule has 2 nitrogen and oxygen atoms in total. The number of hydrogen-bond donors (Lipinski definition) is 0. The van der Waals surface area contributed by atoms with Crippen molar-refractivity contribution >= 4 is 38.1 Å². The van der Waals surface area contributed by atoms with Crippen LogP contribution in [0.4, 0.5) is 0 Å². The lowest BCUT2D eigenvalue weighted by atomic mass is 10.2. The maximum atomic E-state index is 5.37.